The molecule has 2 unspecified atom stereocenters. The van der Waals surface area contributed by atoms with Crippen LogP contribution in [0.25, 0.3) is 0 Å². The molecule has 0 bridgehead atoms. The summed E-state index contributed by atoms with van der Waals surface area (Å²) in [5, 5.41) is 12.6. The minimum absolute atomic E-state index is 0.0907. The summed E-state index contributed by atoms with van der Waals surface area (Å²) >= 11 is 0. The van der Waals surface area contributed by atoms with Gasteiger partial charge in [-0.25, -0.2) is 0 Å². The molecule has 0 aromatic heterocycles. The average Bonchev–Trinajstić information content (AvgIpc) is 2.47. The number of amides is 1. The fourth-order valence-corrected chi connectivity index (χ4v) is 3.03. The van der Waals surface area contributed by atoms with Gasteiger partial charge in [-0.2, -0.15) is 0 Å². The van der Waals surface area contributed by atoms with Gasteiger partial charge in [-0.15, -0.1) is 0 Å². The highest BCUT2D eigenvalue weighted by molar-refractivity contribution is 5.88. The van der Waals surface area contributed by atoms with E-state index >= 15 is 0 Å². The first kappa shape index (κ1) is 15.0. The first-order valence-electron chi connectivity index (χ1n) is 7.62. The van der Waals surface area contributed by atoms with Gasteiger partial charge in [-0.05, 0) is 50.2 Å². The Morgan fingerprint density at radius 3 is 2.95 bits per heavy atom. The van der Waals surface area contributed by atoms with Gasteiger partial charge in [-0.1, -0.05) is 31.2 Å². The lowest BCUT2D eigenvalue weighted by Crippen LogP contribution is -2.45. The van der Waals surface area contributed by atoms with Crippen LogP contribution >= 0.6 is 0 Å². The van der Waals surface area contributed by atoms with Gasteiger partial charge in [0.15, 0.2) is 0 Å². The molecular formula is C17H25NO2. The van der Waals surface area contributed by atoms with Crippen molar-refractivity contribution >= 4 is 5.91 Å². The molecule has 0 fully saturated rings. The summed E-state index contributed by atoms with van der Waals surface area (Å²) in [6.45, 7) is 4.54. The number of hydrogen-bond donors (Lipinski definition) is 2. The minimum Gasteiger partial charge on any atom is -0.393 e. The van der Waals surface area contributed by atoms with Gasteiger partial charge in [0.25, 0.3) is 0 Å². The van der Waals surface area contributed by atoms with Crippen LogP contribution in [-0.4, -0.2) is 23.7 Å². The summed E-state index contributed by atoms with van der Waals surface area (Å²) in [6, 6.07) is 8.26. The van der Waals surface area contributed by atoms with E-state index in [9.17, 15) is 9.90 Å². The quantitative estimate of drug-likeness (QED) is 0.867. The molecule has 1 aliphatic carbocycles. The lowest BCUT2D eigenvalue weighted by atomic mass is 9.70. The van der Waals surface area contributed by atoms with Crippen molar-refractivity contribution in [2.24, 2.45) is 0 Å². The highest BCUT2D eigenvalue weighted by Gasteiger charge is 2.38. The van der Waals surface area contributed by atoms with E-state index in [-0.39, 0.29) is 12.0 Å². The van der Waals surface area contributed by atoms with Crippen LogP contribution in [0.1, 0.15) is 50.7 Å². The van der Waals surface area contributed by atoms with Crippen LogP contribution in [0.5, 0.6) is 0 Å². The Morgan fingerprint density at radius 2 is 2.20 bits per heavy atom. The number of fused-ring (bicyclic) bond motifs is 1. The Kier molecular flexibility index (Phi) is 4.81. The summed E-state index contributed by atoms with van der Waals surface area (Å²) in [4.78, 5) is 12.6. The van der Waals surface area contributed by atoms with Crippen molar-refractivity contribution in [2.45, 2.75) is 57.5 Å². The van der Waals surface area contributed by atoms with E-state index < -0.39 is 5.41 Å². The van der Waals surface area contributed by atoms with E-state index in [1.807, 2.05) is 26.0 Å². The second-order valence-corrected chi connectivity index (χ2v) is 5.95. The molecule has 2 N–H and O–H groups in total. The maximum absolute atomic E-state index is 12.6. The molecule has 3 heteroatoms. The first-order chi connectivity index (χ1) is 9.58. The molecule has 0 saturated carbocycles. The monoisotopic (exact) mass is 275 g/mol. The van der Waals surface area contributed by atoms with Crippen molar-refractivity contribution in [3.63, 3.8) is 0 Å². The maximum atomic E-state index is 12.6. The molecule has 1 aromatic rings. The van der Waals surface area contributed by atoms with Crippen LogP contribution < -0.4 is 5.32 Å². The molecule has 2 atom stereocenters. The number of hydrogen-bond acceptors (Lipinski definition) is 2. The van der Waals surface area contributed by atoms with Crippen molar-refractivity contribution in [1.82, 2.24) is 5.32 Å². The molecule has 0 heterocycles. The Bertz CT molecular complexity index is 472. The van der Waals surface area contributed by atoms with Crippen molar-refractivity contribution < 1.29 is 9.90 Å². The van der Waals surface area contributed by atoms with Gasteiger partial charge in [0, 0.05) is 6.54 Å². The normalized spacial score (nSPS) is 22.9. The van der Waals surface area contributed by atoms with E-state index in [0.29, 0.717) is 13.0 Å². The predicted octanol–water partition coefficient (Wildman–Crippen LogP) is 2.56. The van der Waals surface area contributed by atoms with E-state index in [0.717, 1.165) is 25.7 Å². The summed E-state index contributed by atoms with van der Waals surface area (Å²) in [5.74, 6) is 0.0907. The Hall–Kier alpha value is -1.35. The number of aryl methyl sites for hydroxylation is 1. The van der Waals surface area contributed by atoms with Crippen molar-refractivity contribution in [3.8, 4) is 0 Å². The number of benzene rings is 1. The van der Waals surface area contributed by atoms with Crippen molar-refractivity contribution in [3.05, 3.63) is 35.4 Å². The van der Waals surface area contributed by atoms with Crippen LogP contribution in [0.2, 0.25) is 0 Å². The maximum Gasteiger partial charge on any atom is 0.230 e. The number of aliphatic hydroxyl groups excluding tert-OH is 1. The molecule has 1 aliphatic rings. The molecule has 3 nitrogen and oxygen atoms in total. The topological polar surface area (TPSA) is 49.3 Å². The number of aliphatic hydroxyl groups is 1. The van der Waals surface area contributed by atoms with Gasteiger partial charge in [0.2, 0.25) is 5.91 Å². The summed E-state index contributed by atoms with van der Waals surface area (Å²) in [6.07, 6.45) is 4.05. The van der Waals surface area contributed by atoms with Gasteiger partial charge in [0.05, 0.1) is 11.5 Å². The van der Waals surface area contributed by atoms with Gasteiger partial charge >= 0.3 is 0 Å². The largest absolute Gasteiger partial charge is 0.393 e. The summed E-state index contributed by atoms with van der Waals surface area (Å²) in [7, 11) is 0. The molecule has 110 valence electrons. The van der Waals surface area contributed by atoms with Gasteiger partial charge < -0.3 is 10.4 Å². The third kappa shape index (κ3) is 3.04. The van der Waals surface area contributed by atoms with Crippen molar-refractivity contribution in [2.75, 3.05) is 6.54 Å². The third-order valence-corrected chi connectivity index (χ3v) is 4.47. The molecule has 20 heavy (non-hydrogen) atoms. The molecule has 0 spiro atoms. The van der Waals surface area contributed by atoms with E-state index in [1.165, 1.54) is 11.1 Å². The van der Waals surface area contributed by atoms with Crippen LogP contribution in [0, 0.1) is 0 Å². The first-order valence-corrected chi connectivity index (χ1v) is 7.62. The zero-order chi connectivity index (χ0) is 14.6. The fraction of sp³-hybridized carbons (Fsp3) is 0.588. The molecule has 1 amide bonds. The summed E-state index contributed by atoms with van der Waals surface area (Å²) in [5.41, 5.74) is 2.04. The zero-order valence-electron chi connectivity index (χ0n) is 12.5. The number of carbonyl (C=O) groups is 1. The predicted molar refractivity (Wildman–Crippen MR) is 80.7 cm³/mol. The molecule has 0 aliphatic heterocycles. The summed E-state index contributed by atoms with van der Waals surface area (Å²) < 4.78 is 0. The molecule has 2 rings (SSSR count). The number of carbonyl (C=O) groups excluding carboxylic acids is 1. The smallest absolute Gasteiger partial charge is 0.230 e. The second-order valence-electron chi connectivity index (χ2n) is 5.95. The highest BCUT2D eigenvalue weighted by atomic mass is 16.3. The average molecular weight is 275 g/mol. The van der Waals surface area contributed by atoms with Crippen LogP contribution in [0.3, 0.4) is 0 Å². The molecule has 0 radical (unpaired) electrons. The highest BCUT2D eigenvalue weighted by Crippen LogP contribution is 2.37. The molecule has 1 aromatic carbocycles. The standard InChI is InChI=1S/C17H25NO2/c1-3-14(19)10-12-18-16(20)17(2)11-6-8-13-7-4-5-9-15(13)17/h4-5,7,9,14,19H,3,6,8,10-12H2,1-2H3,(H,18,20). The van der Waals surface area contributed by atoms with Crippen molar-refractivity contribution in [1.29, 1.82) is 0 Å². The van der Waals surface area contributed by atoms with Crippen LogP contribution in [0.15, 0.2) is 24.3 Å². The Morgan fingerprint density at radius 1 is 1.45 bits per heavy atom. The van der Waals surface area contributed by atoms with E-state index in [4.69, 9.17) is 0 Å². The third-order valence-electron chi connectivity index (χ3n) is 4.47. The fourth-order valence-electron chi connectivity index (χ4n) is 3.03. The Labute approximate surface area is 121 Å². The van der Waals surface area contributed by atoms with E-state index in [1.54, 1.807) is 0 Å². The minimum atomic E-state index is -0.425. The second kappa shape index (κ2) is 6.40. The van der Waals surface area contributed by atoms with Crippen LogP contribution in [-0.2, 0) is 16.6 Å². The number of rotatable bonds is 5. The van der Waals surface area contributed by atoms with Crippen LogP contribution in [0.4, 0.5) is 0 Å². The Balaban J connectivity index is 2.06. The van der Waals surface area contributed by atoms with Gasteiger partial charge in [0.1, 0.15) is 0 Å². The van der Waals surface area contributed by atoms with E-state index in [2.05, 4.69) is 17.4 Å². The van der Waals surface area contributed by atoms with Gasteiger partial charge in [-0.3, -0.25) is 4.79 Å². The SMILES string of the molecule is CCC(O)CCNC(=O)C1(C)CCCc2ccccc21. The molecule has 0 saturated heterocycles. The lowest BCUT2D eigenvalue weighted by Gasteiger charge is -2.34. The zero-order valence-corrected chi connectivity index (χ0v) is 12.5. The molecular weight excluding hydrogens is 250 g/mol. The number of nitrogens with one attached hydrogen (secondary N) is 1. The lowest BCUT2D eigenvalue weighted by molar-refractivity contribution is -0.126.